The van der Waals surface area contributed by atoms with Gasteiger partial charge in [0.1, 0.15) is 0 Å². The summed E-state index contributed by atoms with van der Waals surface area (Å²) in [4.78, 5) is 0.595. The monoisotopic (exact) mass is 337 g/mol. The van der Waals surface area contributed by atoms with Crippen LogP contribution in [0.25, 0.3) is 0 Å². The molecule has 10 heavy (non-hydrogen) atoms. The molecule has 0 bridgehead atoms. The number of hydrogen-bond donors (Lipinski definition) is 0. The van der Waals surface area contributed by atoms with Gasteiger partial charge in [-0.1, -0.05) is 31.9 Å². The van der Waals surface area contributed by atoms with Gasteiger partial charge in [-0.15, -0.1) is 0 Å². The number of hydrogen-bond acceptors (Lipinski definition) is 0. The third-order valence-corrected chi connectivity index (χ3v) is 3.18. The summed E-state index contributed by atoms with van der Waals surface area (Å²) in [5, 5.41) is 1.03. The Balaban J connectivity index is 0. The molecule has 0 aliphatic rings. The highest BCUT2D eigenvalue weighted by molar-refractivity contribution is 9.12. The van der Waals surface area contributed by atoms with Crippen molar-refractivity contribution in [2.45, 2.75) is 4.83 Å². The van der Waals surface area contributed by atoms with E-state index in [0.29, 0.717) is 4.83 Å². The zero-order valence-electron chi connectivity index (χ0n) is 6.57. The van der Waals surface area contributed by atoms with Crippen molar-refractivity contribution in [2.75, 3.05) is 33.0 Å². The second-order valence-electron chi connectivity index (χ2n) is 3.22. The maximum absolute atomic E-state index is 3.55. The molecular weight excluding hydrogens is 326 g/mol. The Kier molecular flexibility index (Phi) is 8.34. The molecule has 1 atom stereocenters. The molecule has 4 heteroatoms. The fraction of sp³-hybridized carbons (Fsp3) is 1.00. The van der Waals surface area contributed by atoms with Gasteiger partial charge in [0.25, 0.3) is 0 Å². The number of quaternary nitrogens is 1. The number of nitrogens with zero attached hydrogens (tertiary/aromatic N) is 1. The van der Waals surface area contributed by atoms with Crippen molar-refractivity contribution in [2.24, 2.45) is 0 Å². The molecule has 0 fully saturated rings. The molecule has 0 spiro atoms. The lowest BCUT2D eigenvalue weighted by atomic mass is 10.4. The molecule has 0 radical (unpaired) electrons. The molecule has 0 aliphatic carbocycles. The van der Waals surface area contributed by atoms with Crippen molar-refractivity contribution in [3.63, 3.8) is 0 Å². The van der Waals surface area contributed by atoms with Crippen LogP contribution in [-0.2, 0) is 0 Å². The summed E-state index contributed by atoms with van der Waals surface area (Å²) in [5.74, 6) is 0. The summed E-state index contributed by atoms with van der Waals surface area (Å²) in [6, 6.07) is 0. The largest absolute Gasteiger partial charge is 1.00 e. The molecule has 1 unspecified atom stereocenters. The molecule has 64 valence electrons. The van der Waals surface area contributed by atoms with Gasteiger partial charge in [-0.05, 0) is 0 Å². The van der Waals surface area contributed by atoms with Gasteiger partial charge in [-0.3, -0.25) is 0 Å². The first-order valence-corrected chi connectivity index (χ1v) is 5.00. The van der Waals surface area contributed by atoms with Crippen LogP contribution in [0.2, 0.25) is 0 Å². The maximum Gasteiger partial charge on any atom is 0.0915 e. The summed E-state index contributed by atoms with van der Waals surface area (Å²) in [7, 11) is 6.57. The highest BCUT2D eigenvalue weighted by Gasteiger charge is 2.12. The third kappa shape index (κ3) is 9.40. The van der Waals surface area contributed by atoms with Crippen LogP contribution < -0.4 is 17.0 Å². The minimum absolute atomic E-state index is 0. The first-order valence-electron chi connectivity index (χ1n) is 2.96. The molecule has 0 aromatic carbocycles. The van der Waals surface area contributed by atoms with Crippen molar-refractivity contribution in [1.82, 2.24) is 0 Å². The van der Waals surface area contributed by atoms with Gasteiger partial charge in [0, 0.05) is 5.33 Å². The van der Waals surface area contributed by atoms with Crippen molar-refractivity contribution in [3.05, 3.63) is 0 Å². The van der Waals surface area contributed by atoms with E-state index in [1.165, 1.54) is 0 Å². The van der Waals surface area contributed by atoms with Gasteiger partial charge in [0.2, 0.25) is 0 Å². The maximum atomic E-state index is 3.55. The molecular formula is C6H14Br3N. The van der Waals surface area contributed by atoms with E-state index in [4.69, 9.17) is 0 Å². The van der Waals surface area contributed by atoms with Crippen LogP contribution in [0.4, 0.5) is 0 Å². The molecule has 0 aromatic rings. The van der Waals surface area contributed by atoms with Crippen LogP contribution in [0.15, 0.2) is 0 Å². The molecule has 0 amide bonds. The Hall–Kier alpha value is 1.40. The van der Waals surface area contributed by atoms with Crippen molar-refractivity contribution < 1.29 is 21.5 Å². The summed E-state index contributed by atoms with van der Waals surface area (Å²) in [6.45, 7) is 1.16. The second-order valence-corrected chi connectivity index (χ2v) is 5.17. The molecule has 1 nitrogen and oxygen atoms in total. The lowest BCUT2D eigenvalue weighted by molar-refractivity contribution is -0.869. The van der Waals surface area contributed by atoms with Crippen LogP contribution in [-0.4, -0.2) is 42.3 Å². The first-order chi connectivity index (χ1) is 3.95. The van der Waals surface area contributed by atoms with E-state index in [1.54, 1.807) is 0 Å². The average Bonchev–Trinajstić information content (AvgIpc) is 1.62. The van der Waals surface area contributed by atoms with Gasteiger partial charge in [-0.2, -0.15) is 0 Å². The summed E-state index contributed by atoms with van der Waals surface area (Å²) >= 11 is 6.96. The Morgan fingerprint density at radius 3 is 1.80 bits per heavy atom. The zero-order valence-corrected chi connectivity index (χ0v) is 11.3. The lowest BCUT2D eigenvalue weighted by Crippen LogP contribution is -3.00. The van der Waals surface area contributed by atoms with Crippen LogP contribution in [0, 0.1) is 0 Å². The zero-order chi connectivity index (χ0) is 7.49. The summed E-state index contributed by atoms with van der Waals surface area (Å²) in [5.41, 5.74) is 0. The normalized spacial score (nSPS) is 14.1. The van der Waals surface area contributed by atoms with Crippen LogP contribution >= 0.6 is 31.9 Å². The highest BCUT2D eigenvalue weighted by Crippen LogP contribution is 2.07. The van der Waals surface area contributed by atoms with E-state index in [2.05, 4.69) is 53.0 Å². The predicted octanol–water partition coefficient (Wildman–Crippen LogP) is -1.14. The number of alkyl halides is 2. The quantitative estimate of drug-likeness (QED) is 0.450. The standard InChI is InChI=1S/C6H14Br2N.BrH/c1-9(2,3)5-6(8)4-7;/h6H,4-5H2,1-3H3;1H/q+1;/p-1. The topological polar surface area (TPSA) is 0 Å². The lowest BCUT2D eigenvalue weighted by Gasteiger charge is -2.25. The Morgan fingerprint density at radius 1 is 1.30 bits per heavy atom. The van der Waals surface area contributed by atoms with Gasteiger partial charge in [-0.25, -0.2) is 0 Å². The first kappa shape index (κ1) is 14.0. The van der Waals surface area contributed by atoms with Crippen LogP contribution in [0.3, 0.4) is 0 Å². The van der Waals surface area contributed by atoms with Crippen LogP contribution in [0.5, 0.6) is 0 Å². The van der Waals surface area contributed by atoms with Gasteiger partial charge < -0.3 is 21.5 Å². The molecule has 0 aliphatic heterocycles. The van der Waals surface area contributed by atoms with E-state index in [1.807, 2.05) is 0 Å². The van der Waals surface area contributed by atoms with Gasteiger partial charge >= 0.3 is 0 Å². The minimum atomic E-state index is 0. The molecule has 0 heterocycles. The van der Waals surface area contributed by atoms with E-state index >= 15 is 0 Å². The highest BCUT2D eigenvalue weighted by atomic mass is 79.9. The van der Waals surface area contributed by atoms with Crippen molar-refractivity contribution >= 4 is 31.9 Å². The van der Waals surface area contributed by atoms with Crippen molar-refractivity contribution in [3.8, 4) is 0 Å². The minimum Gasteiger partial charge on any atom is -1.00 e. The number of rotatable bonds is 3. The summed E-state index contributed by atoms with van der Waals surface area (Å²) < 4.78 is 1.02. The fourth-order valence-corrected chi connectivity index (χ4v) is 1.72. The molecule has 0 saturated heterocycles. The predicted molar refractivity (Wildman–Crippen MR) is 49.4 cm³/mol. The van der Waals surface area contributed by atoms with Crippen molar-refractivity contribution in [1.29, 1.82) is 0 Å². The second kappa shape index (κ2) is 5.98. The smallest absolute Gasteiger partial charge is 0.0915 e. The molecule has 0 rings (SSSR count). The average molecular weight is 340 g/mol. The van der Waals surface area contributed by atoms with E-state index in [9.17, 15) is 0 Å². The van der Waals surface area contributed by atoms with Crippen LogP contribution in [0.1, 0.15) is 0 Å². The Bertz CT molecular complexity index is 79.6. The van der Waals surface area contributed by atoms with E-state index in [-0.39, 0.29) is 17.0 Å². The third-order valence-electron chi connectivity index (χ3n) is 0.913. The molecule has 0 aromatic heterocycles. The van der Waals surface area contributed by atoms with E-state index in [0.717, 1.165) is 16.4 Å². The SMILES string of the molecule is C[N+](C)(C)CC(Br)CBr.[Br-]. The summed E-state index contributed by atoms with van der Waals surface area (Å²) in [6.07, 6.45) is 0. The molecule has 0 saturated carbocycles. The van der Waals surface area contributed by atoms with E-state index < -0.39 is 0 Å². The Morgan fingerprint density at radius 2 is 1.70 bits per heavy atom. The Labute approximate surface area is 90.8 Å². The fourth-order valence-electron chi connectivity index (χ4n) is 0.643. The van der Waals surface area contributed by atoms with Gasteiger partial charge in [0.05, 0.1) is 32.5 Å². The van der Waals surface area contributed by atoms with Gasteiger partial charge in [0.15, 0.2) is 0 Å². The molecule has 0 N–H and O–H groups in total. The number of halogens is 3.